The zero-order valence-electron chi connectivity index (χ0n) is 8.03. The van der Waals surface area contributed by atoms with E-state index in [1.54, 1.807) is 11.3 Å². The van der Waals surface area contributed by atoms with Crippen molar-refractivity contribution in [2.75, 3.05) is 0 Å². The second kappa shape index (κ2) is 3.95. The number of thiophene rings is 1. The smallest absolute Gasteiger partial charge is 0.0682 e. The number of hydrogen-bond donors (Lipinski definition) is 1. The fraction of sp³-hybridized carbons (Fsp3) is 0.167. The van der Waals surface area contributed by atoms with Crippen LogP contribution in [-0.4, -0.2) is 5.11 Å². The van der Waals surface area contributed by atoms with Gasteiger partial charge in [-0.2, -0.15) is 0 Å². The van der Waals surface area contributed by atoms with E-state index >= 15 is 0 Å². The van der Waals surface area contributed by atoms with E-state index in [1.807, 2.05) is 18.2 Å². The van der Waals surface area contributed by atoms with Crippen LogP contribution in [0.15, 0.2) is 36.4 Å². The van der Waals surface area contributed by atoms with Crippen LogP contribution in [0, 0.1) is 6.92 Å². The van der Waals surface area contributed by atoms with Crippen LogP contribution >= 0.6 is 11.3 Å². The monoisotopic (exact) mass is 204 g/mol. The quantitative estimate of drug-likeness (QED) is 0.796. The van der Waals surface area contributed by atoms with Crippen molar-refractivity contribution in [3.63, 3.8) is 0 Å². The van der Waals surface area contributed by atoms with Crippen LogP contribution in [0.3, 0.4) is 0 Å². The Bertz CT molecular complexity index is 431. The van der Waals surface area contributed by atoms with Crippen molar-refractivity contribution < 1.29 is 5.11 Å². The maximum atomic E-state index is 9.02. The van der Waals surface area contributed by atoms with Gasteiger partial charge in [-0.1, -0.05) is 18.2 Å². The molecular formula is C12H12OS. The molecule has 1 nitrogen and oxygen atoms in total. The Hall–Kier alpha value is -1.12. The lowest BCUT2D eigenvalue weighted by Crippen LogP contribution is -1.82. The number of benzene rings is 1. The van der Waals surface area contributed by atoms with Gasteiger partial charge >= 0.3 is 0 Å². The van der Waals surface area contributed by atoms with Crippen LogP contribution in [0.5, 0.6) is 0 Å². The minimum Gasteiger partial charge on any atom is -0.392 e. The van der Waals surface area contributed by atoms with Crippen molar-refractivity contribution in [1.29, 1.82) is 0 Å². The normalized spacial score (nSPS) is 10.4. The fourth-order valence-corrected chi connectivity index (χ4v) is 2.28. The Kier molecular flexibility index (Phi) is 2.66. The van der Waals surface area contributed by atoms with Gasteiger partial charge in [-0.3, -0.25) is 0 Å². The molecule has 0 amide bonds. The molecule has 72 valence electrons. The third-order valence-corrected chi connectivity index (χ3v) is 3.18. The third kappa shape index (κ3) is 1.86. The molecule has 0 spiro atoms. The summed E-state index contributed by atoms with van der Waals surface area (Å²) < 4.78 is 0. The molecule has 0 aliphatic rings. The van der Waals surface area contributed by atoms with Gasteiger partial charge in [0.2, 0.25) is 0 Å². The Morgan fingerprint density at radius 1 is 1.21 bits per heavy atom. The van der Waals surface area contributed by atoms with Crippen LogP contribution in [0.1, 0.15) is 10.4 Å². The minimum absolute atomic E-state index is 0.109. The summed E-state index contributed by atoms with van der Waals surface area (Å²) >= 11 is 1.78. The minimum atomic E-state index is 0.109. The molecule has 1 heterocycles. The lowest BCUT2D eigenvalue weighted by atomic mass is 10.1. The van der Waals surface area contributed by atoms with Crippen molar-refractivity contribution >= 4 is 11.3 Å². The summed E-state index contributed by atoms with van der Waals surface area (Å²) in [4.78, 5) is 2.58. The van der Waals surface area contributed by atoms with Crippen LogP contribution in [0.4, 0.5) is 0 Å². The van der Waals surface area contributed by atoms with E-state index in [0.29, 0.717) is 0 Å². The molecule has 2 heteroatoms. The summed E-state index contributed by atoms with van der Waals surface area (Å²) in [5.74, 6) is 0. The number of aliphatic hydroxyl groups is 1. The summed E-state index contributed by atoms with van der Waals surface area (Å²) in [5.41, 5.74) is 2.16. The van der Waals surface area contributed by atoms with E-state index in [-0.39, 0.29) is 6.61 Å². The second-order valence-electron chi connectivity index (χ2n) is 3.27. The lowest BCUT2D eigenvalue weighted by Gasteiger charge is -1.99. The Balaban J connectivity index is 2.41. The van der Waals surface area contributed by atoms with Crippen LogP contribution in [0.2, 0.25) is 0 Å². The SMILES string of the molecule is Cc1ccc(-c2cccc(CO)c2)s1. The standard InChI is InChI=1S/C12H12OS/c1-9-5-6-12(14-9)11-4-2-3-10(7-11)8-13/h2-7,13H,8H2,1H3. The first-order chi connectivity index (χ1) is 6.79. The molecule has 0 aliphatic heterocycles. The third-order valence-electron chi connectivity index (χ3n) is 2.13. The predicted molar refractivity (Wildman–Crippen MR) is 60.4 cm³/mol. The maximum Gasteiger partial charge on any atom is 0.0682 e. The Morgan fingerprint density at radius 2 is 2.07 bits per heavy atom. The summed E-state index contributed by atoms with van der Waals surface area (Å²) in [6.45, 7) is 2.21. The molecule has 1 aromatic carbocycles. The van der Waals surface area contributed by atoms with E-state index in [9.17, 15) is 0 Å². The molecule has 2 rings (SSSR count). The maximum absolute atomic E-state index is 9.02. The van der Waals surface area contributed by atoms with Gasteiger partial charge in [0.15, 0.2) is 0 Å². The molecule has 0 unspecified atom stereocenters. The topological polar surface area (TPSA) is 20.2 Å². The number of rotatable bonds is 2. The van der Waals surface area contributed by atoms with Gasteiger partial charge in [0.1, 0.15) is 0 Å². The van der Waals surface area contributed by atoms with E-state index in [0.717, 1.165) is 5.56 Å². The summed E-state index contributed by atoms with van der Waals surface area (Å²) in [5, 5.41) is 9.02. The number of hydrogen-bond acceptors (Lipinski definition) is 2. The van der Waals surface area contributed by atoms with Crippen molar-refractivity contribution in [3.05, 3.63) is 46.8 Å². The van der Waals surface area contributed by atoms with Crippen molar-refractivity contribution in [1.82, 2.24) is 0 Å². The first-order valence-electron chi connectivity index (χ1n) is 4.56. The Labute approximate surface area is 87.7 Å². The highest BCUT2D eigenvalue weighted by atomic mass is 32.1. The molecular weight excluding hydrogens is 192 g/mol. The molecule has 14 heavy (non-hydrogen) atoms. The van der Waals surface area contributed by atoms with Gasteiger partial charge in [0.25, 0.3) is 0 Å². The second-order valence-corrected chi connectivity index (χ2v) is 4.56. The van der Waals surface area contributed by atoms with Crippen LogP contribution in [0.25, 0.3) is 10.4 Å². The van der Waals surface area contributed by atoms with Crippen molar-refractivity contribution in [2.24, 2.45) is 0 Å². The van der Waals surface area contributed by atoms with E-state index in [2.05, 4.69) is 25.1 Å². The van der Waals surface area contributed by atoms with Gasteiger partial charge in [0.05, 0.1) is 6.61 Å². The van der Waals surface area contributed by atoms with Gasteiger partial charge in [-0.05, 0) is 36.2 Å². The van der Waals surface area contributed by atoms with Crippen molar-refractivity contribution in [3.8, 4) is 10.4 Å². The largest absolute Gasteiger partial charge is 0.392 e. The molecule has 1 aromatic heterocycles. The molecule has 1 N–H and O–H groups in total. The summed E-state index contributed by atoms with van der Waals surface area (Å²) in [7, 11) is 0. The molecule has 0 atom stereocenters. The highest BCUT2D eigenvalue weighted by Gasteiger charge is 2.00. The molecule has 0 saturated carbocycles. The average Bonchev–Trinajstić information content (AvgIpc) is 2.65. The van der Waals surface area contributed by atoms with Crippen molar-refractivity contribution in [2.45, 2.75) is 13.5 Å². The van der Waals surface area contributed by atoms with Gasteiger partial charge in [0, 0.05) is 9.75 Å². The van der Waals surface area contributed by atoms with E-state index < -0.39 is 0 Å². The fourth-order valence-electron chi connectivity index (χ4n) is 1.41. The molecule has 0 fully saturated rings. The highest BCUT2D eigenvalue weighted by Crippen LogP contribution is 2.27. The number of aryl methyl sites for hydroxylation is 1. The zero-order chi connectivity index (χ0) is 9.97. The van der Waals surface area contributed by atoms with E-state index in [4.69, 9.17) is 5.11 Å². The highest BCUT2D eigenvalue weighted by molar-refractivity contribution is 7.15. The molecule has 0 bridgehead atoms. The summed E-state index contributed by atoms with van der Waals surface area (Å²) in [6.07, 6.45) is 0. The first kappa shape index (κ1) is 9.44. The molecule has 2 aromatic rings. The van der Waals surface area contributed by atoms with Crippen LogP contribution < -0.4 is 0 Å². The van der Waals surface area contributed by atoms with E-state index in [1.165, 1.54) is 15.3 Å². The lowest BCUT2D eigenvalue weighted by molar-refractivity contribution is 0.282. The molecule has 0 saturated heterocycles. The van der Waals surface area contributed by atoms with Gasteiger partial charge in [-0.25, -0.2) is 0 Å². The first-order valence-corrected chi connectivity index (χ1v) is 5.38. The molecule has 0 aliphatic carbocycles. The number of aliphatic hydroxyl groups excluding tert-OH is 1. The average molecular weight is 204 g/mol. The van der Waals surface area contributed by atoms with Gasteiger partial charge in [-0.15, -0.1) is 11.3 Å². The van der Waals surface area contributed by atoms with Crippen LogP contribution in [-0.2, 0) is 6.61 Å². The summed E-state index contributed by atoms with van der Waals surface area (Å²) in [6, 6.07) is 12.3. The zero-order valence-corrected chi connectivity index (χ0v) is 8.84. The predicted octanol–water partition coefficient (Wildman–Crippen LogP) is 3.22. The van der Waals surface area contributed by atoms with Gasteiger partial charge < -0.3 is 5.11 Å². The molecule has 0 radical (unpaired) electrons. The Morgan fingerprint density at radius 3 is 2.71 bits per heavy atom.